The Labute approximate surface area is 161 Å². The number of hydrogen-bond donors (Lipinski definition) is 1. The van der Waals surface area contributed by atoms with Crippen LogP contribution in [0.15, 0.2) is 46.8 Å². The van der Waals surface area contributed by atoms with E-state index >= 15 is 0 Å². The van der Waals surface area contributed by atoms with E-state index in [1.54, 1.807) is 30.2 Å². The van der Waals surface area contributed by atoms with Crippen molar-refractivity contribution in [3.8, 4) is 5.75 Å². The van der Waals surface area contributed by atoms with E-state index in [1.165, 1.54) is 0 Å². The van der Waals surface area contributed by atoms with Gasteiger partial charge in [0.1, 0.15) is 11.0 Å². The number of rotatable bonds is 7. The van der Waals surface area contributed by atoms with Crippen LogP contribution in [0.3, 0.4) is 0 Å². The molecule has 0 fully saturated rings. The number of thioether (sulfide) groups is 1. The molecular formula is C18H20N2O3S3. The third-order valence-corrected chi connectivity index (χ3v) is 7.52. The molecule has 3 aromatic rings. The number of aryl methyl sites for hydroxylation is 1. The zero-order valence-electron chi connectivity index (χ0n) is 14.5. The molecule has 0 saturated heterocycles. The molecule has 0 aliphatic carbocycles. The standard InChI is InChI=1S/C18H20N2O3S3/c1-12-3-5-13(6-4-12)17(26(19,21)22)9-10-24-18-20-15-8-7-14(23-2)11-16(15)25-18/h3-8,11,17H,9-10H2,1-2H3,(H2,19,21,22). The molecule has 0 aliphatic rings. The first-order chi connectivity index (χ1) is 12.4. The van der Waals surface area contributed by atoms with Crippen LogP contribution in [0.2, 0.25) is 0 Å². The molecule has 0 spiro atoms. The molecule has 0 aliphatic heterocycles. The summed E-state index contributed by atoms with van der Waals surface area (Å²) in [6.07, 6.45) is 0.436. The van der Waals surface area contributed by atoms with Crippen molar-refractivity contribution >= 4 is 43.3 Å². The fourth-order valence-corrected chi connectivity index (χ4v) is 5.93. The summed E-state index contributed by atoms with van der Waals surface area (Å²) < 4.78 is 31.2. The van der Waals surface area contributed by atoms with Crippen molar-refractivity contribution in [2.24, 2.45) is 5.14 Å². The van der Waals surface area contributed by atoms with E-state index < -0.39 is 15.3 Å². The maximum atomic E-state index is 12.0. The van der Waals surface area contributed by atoms with Crippen molar-refractivity contribution in [3.05, 3.63) is 53.6 Å². The van der Waals surface area contributed by atoms with Gasteiger partial charge in [-0.2, -0.15) is 0 Å². The van der Waals surface area contributed by atoms with Gasteiger partial charge < -0.3 is 4.74 Å². The van der Waals surface area contributed by atoms with E-state index in [0.29, 0.717) is 12.2 Å². The molecule has 3 rings (SSSR count). The summed E-state index contributed by atoms with van der Waals surface area (Å²) in [6.45, 7) is 1.97. The van der Waals surface area contributed by atoms with Crippen molar-refractivity contribution < 1.29 is 13.2 Å². The highest BCUT2D eigenvalue weighted by Crippen LogP contribution is 2.34. The number of primary sulfonamides is 1. The monoisotopic (exact) mass is 408 g/mol. The minimum absolute atomic E-state index is 0.436. The van der Waals surface area contributed by atoms with E-state index in [1.807, 2.05) is 49.4 Å². The van der Waals surface area contributed by atoms with Gasteiger partial charge in [0.2, 0.25) is 10.0 Å². The summed E-state index contributed by atoms with van der Waals surface area (Å²) >= 11 is 3.12. The Bertz CT molecular complexity index is 998. The minimum atomic E-state index is -3.67. The lowest BCUT2D eigenvalue weighted by Gasteiger charge is -2.15. The van der Waals surface area contributed by atoms with Crippen molar-refractivity contribution in [1.82, 2.24) is 4.98 Å². The normalized spacial score (nSPS) is 13.0. The molecule has 2 N–H and O–H groups in total. The zero-order valence-corrected chi connectivity index (χ0v) is 17.0. The Hall–Kier alpha value is -1.61. The Balaban J connectivity index is 1.71. The summed E-state index contributed by atoms with van der Waals surface area (Å²) in [7, 11) is -2.03. The molecular weight excluding hydrogens is 388 g/mol. The summed E-state index contributed by atoms with van der Waals surface area (Å²) in [4.78, 5) is 4.58. The van der Waals surface area contributed by atoms with Crippen LogP contribution in [0.5, 0.6) is 5.75 Å². The smallest absolute Gasteiger partial charge is 0.216 e. The second kappa shape index (κ2) is 7.96. The first-order valence-electron chi connectivity index (χ1n) is 8.02. The largest absolute Gasteiger partial charge is 0.497 e. The molecule has 1 aromatic heterocycles. The quantitative estimate of drug-likeness (QED) is 0.595. The molecule has 0 bridgehead atoms. The van der Waals surface area contributed by atoms with Crippen molar-refractivity contribution in [2.75, 3.05) is 12.9 Å². The minimum Gasteiger partial charge on any atom is -0.497 e. The number of aromatic nitrogens is 1. The highest BCUT2D eigenvalue weighted by Gasteiger charge is 2.23. The molecule has 138 valence electrons. The number of sulfonamides is 1. The van der Waals surface area contributed by atoms with E-state index in [-0.39, 0.29) is 0 Å². The van der Waals surface area contributed by atoms with E-state index in [0.717, 1.165) is 31.4 Å². The van der Waals surface area contributed by atoms with E-state index in [4.69, 9.17) is 9.88 Å². The lowest BCUT2D eigenvalue weighted by Crippen LogP contribution is -2.22. The van der Waals surface area contributed by atoms with Crippen molar-refractivity contribution in [1.29, 1.82) is 0 Å². The highest BCUT2D eigenvalue weighted by molar-refractivity contribution is 8.01. The van der Waals surface area contributed by atoms with Gasteiger partial charge in [-0.25, -0.2) is 18.5 Å². The molecule has 2 aromatic carbocycles. The van der Waals surface area contributed by atoms with Gasteiger partial charge in [-0.1, -0.05) is 41.6 Å². The van der Waals surface area contributed by atoms with Crippen LogP contribution in [0, 0.1) is 6.92 Å². The Morgan fingerprint density at radius 2 is 1.96 bits per heavy atom. The van der Waals surface area contributed by atoms with Gasteiger partial charge in [-0.15, -0.1) is 11.3 Å². The predicted molar refractivity (Wildman–Crippen MR) is 109 cm³/mol. The van der Waals surface area contributed by atoms with E-state index in [2.05, 4.69) is 4.98 Å². The zero-order chi connectivity index (χ0) is 18.7. The van der Waals surface area contributed by atoms with Crippen LogP contribution in [0.1, 0.15) is 22.8 Å². The van der Waals surface area contributed by atoms with Gasteiger partial charge >= 0.3 is 0 Å². The topological polar surface area (TPSA) is 82.3 Å². The Morgan fingerprint density at radius 3 is 2.62 bits per heavy atom. The predicted octanol–water partition coefficient (Wildman–Crippen LogP) is 4.13. The molecule has 0 radical (unpaired) electrons. The molecule has 1 unspecified atom stereocenters. The SMILES string of the molecule is COc1ccc2nc(SCCC(c3ccc(C)cc3)S(N)(=O)=O)sc2c1. The molecule has 1 atom stereocenters. The maximum absolute atomic E-state index is 12.0. The summed E-state index contributed by atoms with van der Waals surface area (Å²) in [5.74, 6) is 1.41. The van der Waals surface area contributed by atoms with Gasteiger partial charge in [-0.05, 0) is 37.1 Å². The van der Waals surface area contributed by atoms with Crippen LogP contribution >= 0.6 is 23.1 Å². The third-order valence-electron chi connectivity index (χ3n) is 4.03. The number of fused-ring (bicyclic) bond motifs is 1. The van der Waals surface area contributed by atoms with Crippen molar-refractivity contribution in [2.45, 2.75) is 22.9 Å². The molecule has 8 heteroatoms. The number of ether oxygens (including phenoxy) is 1. The second-order valence-electron chi connectivity index (χ2n) is 5.94. The van der Waals surface area contributed by atoms with Gasteiger partial charge in [-0.3, -0.25) is 0 Å². The number of methoxy groups -OCH3 is 1. The van der Waals surface area contributed by atoms with Crippen LogP contribution in [0.4, 0.5) is 0 Å². The van der Waals surface area contributed by atoms with Crippen LogP contribution in [-0.4, -0.2) is 26.3 Å². The molecule has 26 heavy (non-hydrogen) atoms. The van der Waals surface area contributed by atoms with Crippen LogP contribution in [-0.2, 0) is 10.0 Å². The molecule has 0 amide bonds. The molecule has 0 saturated carbocycles. The Kier molecular flexibility index (Phi) is 5.86. The van der Waals surface area contributed by atoms with Gasteiger partial charge in [0, 0.05) is 5.75 Å². The van der Waals surface area contributed by atoms with Gasteiger partial charge in [0.25, 0.3) is 0 Å². The summed E-state index contributed by atoms with van der Waals surface area (Å²) in [6, 6.07) is 13.2. The van der Waals surface area contributed by atoms with Gasteiger partial charge in [0.15, 0.2) is 4.34 Å². The lowest BCUT2D eigenvalue weighted by molar-refractivity contribution is 0.415. The third kappa shape index (κ3) is 4.56. The number of hydrogen-bond acceptors (Lipinski definition) is 6. The summed E-state index contributed by atoms with van der Waals surface area (Å²) in [5.41, 5.74) is 2.73. The van der Waals surface area contributed by atoms with Crippen LogP contribution in [0.25, 0.3) is 10.2 Å². The lowest BCUT2D eigenvalue weighted by atomic mass is 10.1. The number of thiazole rings is 1. The maximum Gasteiger partial charge on any atom is 0.216 e. The number of benzene rings is 2. The average Bonchev–Trinajstić information content (AvgIpc) is 3.00. The van der Waals surface area contributed by atoms with Crippen LogP contribution < -0.4 is 9.88 Å². The number of nitrogens with two attached hydrogens (primary N) is 1. The average molecular weight is 409 g/mol. The fourth-order valence-electron chi connectivity index (χ4n) is 2.63. The van der Waals surface area contributed by atoms with Gasteiger partial charge in [0.05, 0.1) is 17.3 Å². The highest BCUT2D eigenvalue weighted by atomic mass is 32.2. The number of nitrogens with zero attached hydrogens (tertiary/aromatic N) is 1. The molecule has 1 heterocycles. The summed E-state index contributed by atoms with van der Waals surface area (Å²) in [5, 5.41) is 4.75. The first kappa shape index (κ1) is 19.2. The van der Waals surface area contributed by atoms with E-state index in [9.17, 15) is 8.42 Å². The van der Waals surface area contributed by atoms with Crippen molar-refractivity contribution in [3.63, 3.8) is 0 Å². The molecule has 5 nitrogen and oxygen atoms in total. The second-order valence-corrected chi connectivity index (χ2v) is 10.1. The fraction of sp³-hybridized carbons (Fsp3) is 0.278. The Morgan fingerprint density at radius 1 is 1.23 bits per heavy atom. The first-order valence-corrected chi connectivity index (χ1v) is 11.4.